The van der Waals surface area contributed by atoms with E-state index in [2.05, 4.69) is 17.0 Å². The summed E-state index contributed by atoms with van der Waals surface area (Å²) in [5, 5.41) is 0.00958. The van der Waals surface area contributed by atoms with Gasteiger partial charge >= 0.3 is 5.97 Å². The fourth-order valence-electron chi connectivity index (χ4n) is 2.61. The van der Waals surface area contributed by atoms with Gasteiger partial charge in [-0.15, -0.1) is 11.6 Å². The smallest absolute Gasteiger partial charge is 0.309 e. The van der Waals surface area contributed by atoms with Crippen molar-refractivity contribution >= 4 is 17.6 Å². The highest BCUT2D eigenvalue weighted by atomic mass is 35.5. The van der Waals surface area contributed by atoms with E-state index in [0.29, 0.717) is 6.61 Å². The van der Waals surface area contributed by atoms with Crippen LogP contribution in [-0.2, 0) is 9.53 Å². The monoisotopic (exact) mass is 295 g/mol. The number of ether oxygens (including phenoxy) is 1. The summed E-state index contributed by atoms with van der Waals surface area (Å²) in [5.41, 5.74) is 1.15. The second-order valence-corrected chi connectivity index (χ2v) is 5.73. The Morgan fingerprint density at radius 3 is 2.60 bits per heavy atom. The van der Waals surface area contributed by atoms with E-state index in [4.69, 9.17) is 16.3 Å². The molecule has 0 saturated carbocycles. The largest absolute Gasteiger partial charge is 0.466 e. The van der Waals surface area contributed by atoms with E-state index in [0.717, 1.165) is 38.0 Å². The Hall–Kier alpha value is -1.06. The van der Waals surface area contributed by atoms with Gasteiger partial charge in [0.2, 0.25) is 0 Å². The quantitative estimate of drug-likeness (QED) is 0.617. The topological polar surface area (TPSA) is 29.5 Å². The average Bonchev–Trinajstić information content (AvgIpc) is 2.49. The van der Waals surface area contributed by atoms with E-state index in [1.807, 2.05) is 25.1 Å². The highest BCUT2D eigenvalue weighted by Gasteiger charge is 2.26. The van der Waals surface area contributed by atoms with Crippen molar-refractivity contribution in [3.63, 3.8) is 0 Å². The Labute approximate surface area is 125 Å². The van der Waals surface area contributed by atoms with Gasteiger partial charge in [0.05, 0.1) is 17.9 Å². The number of benzene rings is 1. The molecule has 1 saturated heterocycles. The Bertz CT molecular complexity index is 416. The summed E-state index contributed by atoms with van der Waals surface area (Å²) >= 11 is 6.45. The summed E-state index contributed by atoms with van der Waals surface area (Å²) in [6.07, 6.45) is 1.74. The van der Waals surface area contributed by atoms with Crippen molar-refractivity contribution in [2.75, 3.05) is 26.2 Å². The molecule has 110 valence electrons. The summed E-state index contributed by atoms with van der Waals surface area (Å²) < 4.78 is 5.08. The second kappa shape index (κ2) is 7.65. The second-order valence-electron chi connectivity index (χ2n) is 5.21. The Kier molecular flexibility index (Phi) is 5.86. The number of nitrogens with zero attached hydrogens (tertiary/aromatic N) is 1. The highest BCUT2D eigenvalue weighted by Crippen LogP contribution is 2.25. The fourth-order valence-corrected chi connectivity index (χ4v) is 2.95. The normalized spacial score (nSPS) is 18.7. The molecule has 20 heavy (non-hydrogen) atoms. The minimum Gasteiger partial charge on any atom is -0.466 e. The molecule has 1 aromatic rings. The molecule has 0 N–H and O–H groups in total. The lowest BCUT2D eigenvalue weighted by molar-refractivity contribution is -0.149. The molecular formula is C16H22ClNO2. The summed E-state index contributed by atoms with van der Waals surface area (Å²) in [6.45, 7) is 4.99. The van der Waals surface area contributed by atoms with Gasteiger partial charge in [-0.3, -0.25) is 4.79 Å². The first kappa shape index (κ1) is 15.3. The fraction of sp³-hybridized carbons (Fsp3) is 0.562. The van der Waals surface area contributed by atoms with E-state index < -0.39 is 0 Å². The third-order valence-corrected chi connectivity index (χ3v) is 4.18. The molecule has 3 nitrogen and oxygen atoms in total. The molecule has 0 amide bonds. The zero-order valence-corrected chi connectivity index (χ0v) is 12.7. The van der Waals surface area contributed by atoms with Crippen LogP contribution in [0.1, 0.15) is 30.7 Å². The molecular weight excluding hydrogens is 274 g/mol. The number of esters is 1. The molecule has 2 rings (SSSR count). The zero-order valence-electron chi connectivity index (χ0n) is 11.9. The average molecular weight is 296 g/mol. The molecule has 1 fully saturated rings. The van der Waals surface area contributed by atoms with Crippen LogP contribution < -0.4 is 0 Å². The SMILES string of the molecule is CCOC(=O)C1CCN(CC(Cl)c2ccccc2)CC1. The van der Waals surface area contributed by atoms with E-state index in [1.165, 1.54) is 0 Å². The Balaban J connectivity index is 1.78. The van der Waals surface area contributed by atoms with Gasteiger partial charge in [-0.05, 0) is 38.4 Å². The minimum absolute atomic E-state index is 0.00958. The van der Waals surface area contributed by atoms with Gasteiger partial charge in [0.25, 0.3) is 0 Å². The van der Waals surface area contributed by atoms with Gasteiger partial charge in [-0.1, -0.05) is 30.3 Å². The number of piperidine rings is 1. The number of carbonyl (C=O) groups excluding carboxylic acids is 1. The Morgan fingerprint density at radius 1 is 1.35 bits per heavy atom. The molecule has 0 bridgehead atoms. The predicted molar refractivity (Wildman–Crippen MR) is 80.8 cm³/mol. The van der Waals surface area contributed by atoms with Crippen molar-refractivity contribution < 1.29 is 9.53 Å². The predicted octanol–water partition coefficient (Wildman–Crippen LogP) is 3.24. The number of rotatable bonds is 5. The summed E-state index contributed by atoms with van der Waals surface area (Å²) in [4.78, 5) is 14.0. The highest BCUT2D eigenvalue weighted by molar-refractivity contribution is 6.21. The summed E-state index contributed by atoms with van der Waals surface area (Å²) in [5.74, 6) is 0.0225. The first-order valence-corrected chi connectivity index (χ1v) is 7.72. The van der Waals surface area contributed by atoms with Crippen LogP contribution in [0, 0.1) is 5.92 Å². The van der Waals surface area contributed by atoms with E-state index in [9.17, 15) is 4.79 Å². The first-order chi connectivity index (χ1) is 9.70. The summed E-state index contributed by atoms with van der Waals surface area (Å²) in [7, 11) is 0. The van der Waals surface area contributed by atoms with Crippen molar-refractivity contribution in [3.05, 3.63) is 35.9 Å². The maximum absolute atomic E-state index is 11.7. The van der Waals surface area contributed by atoms with E-state index in [-0.39, 0.29) is 17.3 Å². The van der Waals surface area contributed by atoms with Crippen LogP contribution in [0.5, 0.6) is 0 Å². The molecule has 1 aliphatic rings. The third-order valence-electron chi connectivity index (χ3n) is 3.79. The molecule has 1 aliphatic heterocycles. The van der Waals surface area contributed by atoms with Crippen LogP contribution in [-0.4, -0.2) is 37.1 Å². The van der Waals surface area contributed by atoms with Crippen molar-refractivity contribution in [2.45, 2.75) is 25.1 Å². The van der Waals surface area contributed by atoms with Gasteiger partial charge in [-0.25, -0.2) is 0 Å². The van der Waals surface area contributed by atoms with E-state index >= 15 is 0 Å². The number of alkyl halides is 1. The molecule has 0 radical (unpaired) electrons. The minimum atomic E-state index is -0.0439. The molecule has 1 aromatic carbocycles. The van der Waals surface area contributed by atoms with E-state index in [1.54, 1.807) is 0 Å². The van der Waals surface area contributed by atoms with Crippen LogP contribution >= 0.6 is 11.6 Å². The number of halogens is 1. The Morgan fingerprint density at radius 2 is 2.00 bits per heavy atom. The van der Waals surface area contributed by atoms with Crippen molar-refractivity contribution in [1.29, 1.82) is 0 Å². The van der Waals surface area contributed by atoms with Crippen molar-refractivity contribution in [1.82, 2.24) is 4.90 Å². The molecule has 1 unspecified atom stereocenters. The van der Waals surface area contributed by atoms with Crippen molar-refractivity contribution in [2.24, 2.45) is 5.92 Å². The van der Waals surface area contributed by atoms with Crippen LogP contribution in [0.25, 0.3) is 0 Å². The standard InChI is InChI=1S/C16H22ClNO2/c1-2-20-16(19)14-8-10-18(11-9-14)12-15(17)13-6-4-3-5-7-13/h3-7,14-15H,2,8-12H2,1H3. The molecule has 4 heteroatoms. The first-order valence-electron chi connectivity index (χ1n) is 7.28. The molecule has 1 heterocycles. The molecule has 0 aromatic heterocycles. The van der Waals surface area contributed by atoms with Crippen molar-refractivity contribution in [3.8, 4) is 0 Å². The number of carbonyl (C=O) groups is 1. The summed E-state index contributed by atoms with van der Waals surface area (Å²) in [6, 6.07) is 10.1. The lowest BCUT2D eigenvalue weighted by Gasteiger charge is -2.32. The van der Waals surface area contributed by atoms with Gasteiger partial charge in [-0.2, -0.15) is 0 Å². The van der Waals surface area contributed by atoms with Gasteiger partial charge in [0.15, 0.2) is 0 Å². The third kappa shape index (κ3) is 4.22. The zero-order chi connectivity index (χ0) is 14.4. The van der Waals surface area contributed by atoms with Gasteiger partial charge < -0.3 is 9.64 Å². The van der Waals surface area contributed by atoms with Crippen LogP contribution in [0.4, 0.5) is 0 Å². The maximum Gasteiger partial charge on any atom is 0.309 e. The molecule has 1 atom stereocenters. The molecule has 0 aliphatic carbocycles. The van der Waals surface area contributed by atoms with Crippen LogP contribution in [0.2, 0.25) is 0 Å². The maximum atomic E-state index is 11.7. The van der Waals surface area contributed by atoms with Gasteiger partial charge in [0, 0.05) is 6.54 Å². The van der Waals surface area contributed by atoms with Gasteiger partial charge in [0.1, 0.15) is 0 Å². The number of hydrogen-bond acceptors (Lipinski definition) is 3. The lowest BCUT2D eigenvalue weighted by atomic mass is 9.96. The number of likely N-dealkylation sites (tertiary alicyclic amines) is 1. The van der Waals surface area contributed by atoms with Crippen LogP contribution in [0.3, 0.4) is 0 Å². The number of hydrogen-bond donors (Lipinski definition) is 0. The lowest BCUT2D eigenvalue weighted by Crippen LogP contribution is -2.38. The van der Waals surface area contributed by atoms with Crippen LogP contribution in [0.15, 0.2) is 30.3 Å². The molecule has 0 spiro atoms.